The monoisotopic (exact) mass is 398 g/mol. The number of amides is 2. The molecule has 3 heterocycles. The van der Waals surface area contributed by atoms with E-state index < -0.39 is 0 Å². The summed E-state index contributed by atoms with van der Waals surface area (Å²) in [4.78, 5) is 29.3. The molecular formula is C24H34N2O3. The van der Waals surface area contributed by atoms with Gasteiger partial charge in [0, 0.05) is 39.2 Å². The molecule has 0 saturated carbocycles. The van der Waals surface area contributed by atoms with E-state index in [-0.39, 0.29) is 23.3 Å². The van der Waals surface area contributed by atoms with Gasteiger partial charge < -0.3 is 14.5 Å². The van der Waals surface area contributed by atoms with E-state index in [4.69, 9.17) is 4.74 Å². The fourth-order valence-electron chi connectivity index (χ4n) is 5.12. The second kappa shape index (κ2) is 8.86. The van der Waals surface area contributed by atoms with Crippen molar-refractivity contribution in [3.8, 4) is 0 Å². The van der Waals surface area contributed by atoms with E-state index in [2.05, 4.69) is 31.2 Å². The third kappa shape index (κ3) is 4.82. The Kier molecular flexibility index (Phi) is 6.23. The van der Waals surface area contributed by atoms with Gasteiger partial charge in [-0.1, -0.05) is 31.2 Å². The first kappa shape index (κ1) is 20.4. The minimum atomic E-state index is 0.187. The van der Waals surface area contributed by atoms with Crippen LogP contribution in [0.5, 0.6) is 0 Å². The van der Waals surface area contributed by atoms with E-state index in [0.29, 0.717) is 12.8 Å². The molecule has 0 aliphatic carbocycles. The fraction of sp³-hybridized carbons (Fsp3) is 0.667. The molecule has 0 radical (unpaired) electrons. The lowest BCUT2D eigenvalue weighted by atomic mass is 9.72. The van der Waals surface area contributed by atoms with Gasteiger partial charge in [0.25, 0.3) is 0 Å². The maximum atomic E-state index is 12.8. The SMILES string of the molecule is CCc1ccc(CC(=O)N2CCC3(CCC(=O)N(C[C@H]4CCCO4)C3)CC2)cc1. The molecule has 5 nitrogen and oxygen atoms in total. The van der Waals surface area contributed by atoms with Gasteiger partial charge >= 0.3 is 0 Å². The molecule has 1 aromatic rings. The summed E-state index contributed by atoms with van der Waals surface area (Å²) in [6.45, 7) is 6.19. The molecule has 1 atom stereocenters. The van der Waals surface area contributed by atoms with Crippen molar-refractivity contribution < 1.29 is 14.3 Å². The van der Waals surface area contributed by atoms with Crippen molar-refractivity contribution in [2.24, 2.45) is 5.41 Å². The van der Waals surface area contributed by atoms with E-state index in [1.54, 1.807) is 0 Å². The number of carbonyl (C=O) groups is 2. The van der Waals surface area contributed by atoms with Crippen molar-refractivity contribution in [3.63, 3.8) is 0 Å². The number of hydrogen-bond acceptors (Lipinski definition) is 3. The van der Waals surface area contributed by atoms with Crippen LogP contribution in [0.15, 0.2) is 24.3 Å². The van der Waals surface area contributed by atoms with Crippen LogP contribution >= 0.6 is 0 Å². The summed E-state index contributed by atoms with van der Waals surface area (Å²) >= 11 is 0. The van der Waals surface area contributed by atoms with Crippen molar-refractivity contribution in [3.05, 3.63) is 35.4 Å². The minimum absolute atomic E-state index is 0.187. The Morgan fingerprint density at radius 1 is 1.14 bits per heavy atom. The molecule has 158 valence electrons. The van der Waals surface area contributed by atoms with Crippen LogP contribution in [0.3, 0.4) is 0 Å². The molecule has 3 aliphatic rings. The predicted octanol–water partition coefficient (Wildman–Crippen LogP) is 3.20. The normalized spacial score (nSPS) is 24.3. The molecule has 3 aliphatic heterocycles. The lowest BCUT2D eigenvalue weighted by Crippen LogP contribution is -2.53. The smallest absolute Gasteiger partial charge is 0.226 e. The fourth-order valence-corrected chi connectivity index (χ4v) is 5.12. The number of carbonyl (C=O) groups excluding carboxylic acids is 2. The Bertz CT molecular complexity index is 716. The highest BCUT2D eigenvalue weighted by molar-refractivity contribution is 5.79. The van der Waals surface area contributed by atoms with Gasteiger partial charge in [0.1, 0.15) is 0 Å². The molecule has 3 saturated heterocycles. The maximum absolute atomic E-state index is 12.8. The van der Waals surface area contributed by atoms with Crippen molar-refractivity contribution in [2.45, 2.75) is 64.4 Å². The molecule has 4 rings (SSSR count). The summed E-state index contributed by atoms with van der Waals surface area (Å²) in [5.74, 6) is 0.507. The van der Waals surface area contributed by atoms with Gasteiger partial charge in [-0.05, 0) is 55.1 Å². The van der Waals surface area contributed by atoms with Crippen LogP contribution in [-0.4, -0.2) is 60.5 Å². The number of benzene rings is 1. The van der Waals surface area contributed by atoms with E-state index >= 15 is 0 Å². The molecule has 1 aromatic carbocycles. The Morgan fingerprint density at radius 2 is 1.86 bits per heavy atom. The van der Waals surface area contributed by atoms with Crippen LogP contribution in [-0.2, 0) is 27.2 Å². The maximum Gasteiger partial charge on any atom is 0.226 e. The van der Waals surface area contributed by atoms with E-state index in [1.807, 2.05) is 9.80 Å². The number of rotatable bonds is 5. The van der Waals surface area contributed by atoms with E-state index in [0.717, 1.165) is 76.9 Å². The first-order chi connectivity index (χ1) is 14.1. The second-order valence-electron chi connectivity index (χ2n) is 9.14. The van der Waals surface area contributed by atoms with Crippen molar-refractivity contribution in [1.29, 1.82) is 0 Å². The number of ether oxygens (including phenoxy) is 1. The molecule has 0 N–H and O–H groups in total. The standard InChI is InChI=1S/C24H34N2O3/c1-2-19-5-7-20(8-6-19)16-23(28)25-13-11-24(12-14-25)10-9-22(27)26(18-24)17-21-4-3-15-29-21/h5-8,21H,2-4,9-18H2,1H3/t21-/m1/s1. The quantitative estimate of drug-likeness (QED) is 0.765. The third-order valence-electron chi connectivity index (χ3n) is 7.16. The molecule has 0 bridgehead atoms. The molecule has 5 heteroatoms. The van der Waals surface area contributed by atoms with Gasteiger partial charge in [0.05, 0.1) is 12.5 Å². The number of likely N-dealkylation sites (tertiary alicyclic amines) is 2. The summed E-state index contributed by atoms with van der Waals surface area (Å²) in [7, 11) is 0. The number of aryl methyl sites for hydroxylation is 1. The Morgan fingerprint density at radius 3 is 2.52 bits per heavy atom. The highest BCUT2D eigenvalue weighted by Crippen LogP contribution is 2.40. The number of hydrogen-bond donors (Lipinski definition) is 0. The summed E-state index contributed by atoms with van der Waals surface area (Å²) in [6, 6.07) is 8.40. The largest absolute Gasteiger partial charge is 0.376 e. The average molecular weight is 399 g/mol. The Hall–Kier alpha value is -1.88. The second-order valence-corrected chi connectivity index (χ2v) is 9.14. The Balaban J connectivity index is 1.30. The topological polar surface area (TPSA) is 49.9 Å². The van der Waals surface area contributed by atoms with Gasteiger partial charge in [-0.25, -0.2) is 0 Å². The van der Waals surface area contributed by atoms with Crippen molar-refractivity contribution in [2.75, 3.05) is 32.8 Å². The molecule has 0 unspecified atom stereocenters. The molecule has 2 amide bonds. The van der Waals surface area contributed by atoms with Crippen LogP contribution in [0.4, 0.5) is 0 Å². The van der Waals surface area contributed by atoms with Gasteiger partial charge in [-0.3, -0.25) is 9.59 Å². The van der Waals surface area contributed by atoms with Crippen molar-refractivity contribution in [1.82, 2.24) is 9.80 Å². The van der Waals surface area contributed by atoms with Gasteiger partial charge in [0.15, 0.2) is 0 Å². The van der Waals surface area contributed by atoms with E-state index in [9.17, 15) is 9.59 Å². The van der Waals surface area contributed by atoms with Crippen LogP contribution in [0, 0.1) is 5.41 Å². The molecule has 0 aromatic heterocycles. The molecule has 1 spiro atoms. The lowest BCUT2D eigenvalue weighted by molar-refractivity contribution is -0.143. The molecule has 29 heavy (non-hydrogen) atoms. The van der Waals surface area contributed by atoms with Crippen LogP contribution in [0.1, 0.15) is 56.6 Å². The van der Waals surface area contributed by atoms with Crippen LogP contribution in [0.2, 0.25) is 0 Å². The summed E-state index contributed by atoms with van der Waals surface area (Å²) in [5, 5.41) is 0. The van der Waals surface area contributed by atoms with Gasteiger partial charge in [-0.2, -0.15) is 0 Å². The summed E-state index contributed by atoms with van der Waals surface area (Å²) in [5.41, 5.74) is 2.59. The zero-order valence-electron chi connectivity index (χ0n) is 17.7. The predicted molar refractivity (Wildman–Crippen MR) is 113 cm³/mol. The number of nitrogens with zero attached hydrogens (tertiary/aromatic N) is 2. The van der Waals surface area contributed by atoms with Crippen LogP contribution < -0.4 is 0 Å². The average Bonchev–Trinajstić information content (AvgIpc) is 3.25. The Labute approximate surface area is 174 Å². The van der Waals surface area contributed by atoms with Gasteiger partial charge in [-0.15, -0.1) is 0 Å². The first-order valence-corrected chi connectivity index (χ1v) is 11.3. The lowest BCUT2D eigenvalue weighted by Gasteiger charge is -2.47. The van der Waals surface area contributed by atoms with Gasteiger partial charge in [0.2, 0.25) is 11.8 Å². The van der Waals surface area contributed by atoms with Crippen molar-refractivity contribution >= 4 is 11.8 Å². The zero-order chi connectivity index (χ0) is 20.3. The highest BCUT2D eigenvalue weighted by Gasteiger charge is 2.42. The van der Waals surface area contributed by atoms with Crippen LogP contribution in [0.25, 0.3) is 0 Å². The summed E-state index contributed by atoms with van der Waals surface area (Å²) < 4.78 is 5.75. The number of piperidine rings is 2. The molecular weight excluding hydrogens is 364 g/mol. The van der Waals surface area contributed by atoms with E-state index in [1.165, 1.54) is 5.56 Å². The summed E-state index contributed by atoms with van der Waals surface area (Å²) in [6.07, 6.45) is 7.52. The molecule has 3 fully saturated rings. The zero-order valence-corrected chi connectivity index (χ0v) is 17.7. The minimum Gasteiger partial charge on any atom is -0.376 e. The highest BCUT2D eigenvalue weighted by atomic mass is 16.5. The third-order valence-corrected chi connectivity index (χ3v) is 7.16. The first-order valence-electron chi connectivity index (χ1n) is 11.3.